The first-order valence-corrected chi connectivity index (χ1v) is 3.97. The molecule has 1 N–H and O–H groups in total. The van der Waals surface area contributed by atoms with Crippen LogP contribution in [0.1, 0.15) is 16.8 Å². The fourth-order valence-corrected chi connectivity index (χ4v) is 1.40. The largest absolute Gasteiger partial charge is 0.352 e. The van der Waals surface area contributed by atoms with Crippen molar-refractivity contribution >= 4 is 5.91 Å². The maximum absolute atomic E-state index is 11.0. The van der Waals surface area contributed by atoms with Gasteiger partial charge < -0.3 is 5.32 Å². The second-order valence-corrected chi connectivity index (χ2v) is 3.05. The average molecular weight is 162 g/mol. The molecular weight excluding hydrogens is 152 g/mol. The molecular formula is C9H10N2O. The van der Waals surface area contributed by atoms with E-state index < -0.39 is 0 Å². The summed E-state index contributed by atoms with van der Waals surface area (Å²) in [5.74, 6) is 0.0909. The van der Waals surface area contributed by atoms with Gasteiger partial charge in [-0.05, 0) is 24.1 Å². The third-order valence-electron chi connectivity index (χ3n) is 2.05. The predicted molar refractivity (Wildman–Crippen MR) is 44.5 cm³/mol. The smallest absolute Gasteiger partial charge is 0.224 e. The minimum atomic E-state index is 0.0909. The van der Waals surface area contributed by atoms with Crippen LogP contribution in [0.15, 0.2) is 12.3 Å². The lowest BCUT2D eigenvalue weighted by atomic mass is 10.0. The summed E-state index contributed by atoms with van der Waals surface area (Å²) in [5.41, 5.74) is 3.26. The van der Waals surface area contributed by atoms with Crippen LogP contribution in [0.5, 0.6) is 0 Å². The second kappa shape index (κ2) is 2.59. The Kier molecular flexibility index (Phi) is 1.57. The number of rotatable bonds is 0. The zero-order valence-electron chi connectivity index (χ0n) is 6.92. The van der Waals surface area contributed by atoms with Crippen LogP contribution in [0.25, 0.3) is 0 Å². The quantitative estimate of drug-likeness (QED) is 0.605. The van der Waals surface area contributed by atoms with E-state index in [-0.39, 0.29) is 5.91 Å². The number of carbonyl (C=O) groups excluding carboxylic acids is 1. The molecule has 3 heteroatoms. The summed E-state index contributed by atoms with van der Waals surface area (Å²) >= 11 is 0. The molecule has 0 fully saturated rings. The summed E-state index contributed by atoms with van der Waals surface area (Å²) in [7, 11) is 0. The van der Waals surface area contributed by atoms with Gasteiger partial charge in [-0.1, -0.05) is 0 Å². The standard InChI is InChI=1S/C9H10N2O/c1-6-2-7-5-11-9(12)3-8(7)4-10-6/h2,4H,3,5H2,1H3,(H,11,12). The van der Waals surface area contributed by atoms with Crippen LogP contribution in [-0.4, -0.2) is 10.9 Å². The number of fused-ring (bicyclic) bond motifs is 1. The zero-order chi connectivity index (χ0) is 8.55. The molecule has 12 heavy (non-hydrogen) atoms. The summed E-state index contributed by atoms with van der Waals surface area (Å²) in [6.07, 6.45) is 2.27. The number of nitrogens with one attached hydrogen (secondary N) is 1. The molecule has 62 valence electrons. The van der Waals surface area contributed by atoms with Crippen LogP contribution >= 0.6 is 0 Å². The molecule has 1 aliphatic rings. The molecule has 0 unspecified atom stereocenters. The van der Waals surface area contributed by atoms with E-state index in [1.165, 1.54) is 5.56 Å². The Morgan fingerprint density at radius 3 is 3.17 bits per heavy atom. The molecule has 1 aromatic rings. The number of aromatic nitrogens is 1. The number of aryl methyl sites for hydroxylation is 1. The molecule has 0 radical (unpaired) electrons. The number of carbonyl (C=O) groups is 1. The molecule has 0 aliphatic carbocycles. The molecule has 3 nitrogen and oxygen atoms in total. The Morgan fingerprint density at radius 1 is 1.50 bits per heavy atom. The maximum Gasteiger partial charge on any atom is 0.224 e. The normalized spacial score (nSPS) is 15.2. The third kappa shape index (κ3) is 1.18. The number of hydrogen-bond donors (Lipinski definition) is 1. The van der Waals surface area contributed by atoms with E-state index in [1.807, 2.05) is 13.0 Å². The Morgan fingerprint density at radius 2 is 2.33 bits per heavy atom. The van der Waals surface area contributed by atoms with E-state index in [0.717, 1.165) is 11.3 Å². The van der Waals surface area contributed by atoms with E-state index in [4.69, 9.17) is 0 Å². The van der Waals surface area contributed by atoms with Crippen molar-refractivity contribution in [2.45, 2.75) is 19.9 Å². The Balaban J connectivity index is 2.43. The van der Waals surface area contributed by atoms with E-state index in [9.17, 15) is 4.79 Å². The highest BCUT2D eigenvalue weighted by molar-refractivity contribution is 5.80. The summed E-state index contributed by atoms with van der Waals surface area (Å²) in [4.78, 5) is 15.1. The fourth-order valence-electron chi connectivity index (χ4n) is 1.40. The minimum absolute atomic E-state index is 0.0909. The number of pyridine rings is 1. The van der Waals surface area contributed by atoms with Crippen LogP contribution in [0.4, 0.5) is 0 Å². The zero-order valence-corrected chi connectivity index (χ0v) is 6.92. The van der Waals surface area contributed by atoms with Crippen molar-refractivity contribution in [3.63, 3.8) is 0 Å². The average Bonchev–Trinajstić information content (AvgIpc) is 2.05. The van der Waals surface area contributed by atoms with Crippen LogP contribution in [-0.2, 0) is 17.8 Å². The van der Waals surface area contributed by atoms with Gasteiger partial charge in [0, 0.05) is 18.4 Å². The summed E-state index contributed by atoms with van der Waals surface area (Å²) in [6.45, 7) is 2.61. The fraction of sp³-hybridized carbons (Fsp3) is 0.333. The van der Waals surface area contributed by atoms with Gasteiger partial charge in [0.1, 0.15) is 0 Å². The summed E-state index contributed by atoms with van der Waals surface area (Å²) < 4.78 is 0. The van der Waals surface area contributed by atoms with Gasteiger partial charge in [-0.15, -0.1) is 0 Å². The van der Waals surface area contributed by atoms with Crippen molar-refractivity contribution in [2.75, 3.05) is 0 Å². The number of amides is 1. The van der Waals surface area contributed by atoms with Gasteiger partial charge in [0.2, 0.25) is 5.91 Å². The van der Waals surface area contributed by atoms with Crippen LogP contribution < -0.4 is 5.32 Å². The van der Waals surface area contributed by atoms with E-state index in [2.05, 4.69) is 10.3 Å². The molecule has 1 aromatic heterocycles. The first-order chi connectivity index (χ1) is 5.75. The lowest BCUT2D eigenvalue weighted by Crippen LogP contribution is -2.30. The Bertz CT molecular complexity index is 333. The molecule has 0 saturated heterocycles. The van der Waals surface area contributed by atoms with E-state index in [0.29, 0.717) is 13.0 Å². The number of nitrogens with zero attached hydrogens (tertiary/aromatic N) is 1. The highest BCUT2D eigenvalue weighted by Crippen LogP contribution is 2.13. The van der Waals surface area contributed by atoms with Gasteiger partial charge in [-0.3, -0.25) is 9.78 Å². The Labute approximate surface area is 70.8 Å². The molecule has 2 rings (SSSR count). The lowest BCUT2D eigenvalue weighted by molar-refractivity contribution is -0.121. The third-order valence-corrected chi connectivity index (χ3v) is 2.05. The van der Waals surface area contributed by atoms with Crippen molar-refractivity contribution in [3.8, 4) is 0 Å². The number of hydrogen-bond acceptors (Lipinski definition) is 2. The molecule has 1 amide bonds. The highest BCUT2D eigenvalue weighted by atomic mass is 16.1. The van der Waals surface area contributed by atoms with Crippen molar-refractivity contribution < 1.29 is 4.79 Å². The first kappa shape index (κ1) is 7.28. The van der Waals surface area contributed by atoms with Crippen LogP contribution in [0.2, 0.25) is 0 Å². The van der Waals surface area contributed by atoms with Crippen molar-refractivity contribution in [3.05, 3.63) is 29.1 Å². The van der Waals surface area contributed by atoms with Gasteiger partial charge >= 0.3 is 0 Å². The molecule has 0 bridgehead atoms. The SMILES string of the molecule is Cc1cc2c(cn1)CC(=O)NC2. The first-order valence-electron chi connectivity index (χ1n) is 3.97. The van der Waals surface area contributed by atoms with Gasteiger partial charge in [-0.25, -0.2) is 0 Å². The van der Waals surface area contributed by atoms with Gasteiger partial charge in [0.25, 0.3) is 0 Å². The van der Waals surface area contributed by atoms with Crippen molar-refractivity contribution in [1.82, 2.24) is 10.3 Å². The molecule has 2 heterocycles. The second-order valence-electron chi connectivity index (χ2n) is 3.05. The Hall–Kier alpha value is -1.38. The minimum Gasteiger partial charge on any atom is -0.352 e. The highest BCUT2D eigenvalue weighted by Gasteiger charge is 2.14. The molecule has 0 saturated carbocycles. The lowest BCUT2D eigenvalue weighted by Gasteiger charge is -2.15. The predicted octanol–water partition coefficient (Wildman–Crippen LogP) is 0.562. The monoisotopic (exact) mass is 162 g/mol. The van der Waals surface area contributed by atoms with Crippen LogP contribution in [0, 0.1) is 6.92 Å². The topological polar surface area (TPSA) is 42.0 Å². The van der Waals surface area contributed by atoms with Crippen molar-refractivity contribution in [2.24, 2.45) is 0 Å². The summed E-state index contributed by atoms with van der Waals surface area (Å²) in [5, 5.41) is 2.80. The molecule has 0 spiro atoms. The van der Waals surface area contributed by atoms with E-state index in [1.54, 1.807) is 6.20 Å². The van der Waals surface area contributed by atoms with E-state index >= 15 is 0 Å². The van der Waals surface area contributed by atoms with Gasteiger partial charge in [-0.2, -0.15) is 0 Å². The van der Waals surface area contributed by atoms with Gasteiger partial charge in [0.05, 0.1) is 6.42 Å². The molecule has 0 aromatic carbocycles. The molecule has 0 atom stereocenters. The van der Waals surface area contributed by atoms with Crippen molar-refractivity contribution in [1.29, 1.82) is 0 Å². The summed E-state index contributed by atoms with van der Waals surface area (Å²) in [6, 6.07) is 2.02. The van der Waals surface area contributed by atoms with Gasteiger partial charge in [0.15, 0.2) is 0 Å². The maximum atomic E-state index is 11.0. The van der Waals surface area contributed by atoms with Crippen LogP contribution in [0.3, 0.4) is 0 Å². The molecule has 1 aliphatic heterocycles.